The van der Waals surface area contributed by atoms with Crippen LogP contribution >= 0.6 is 35.6 Å². The molecule has 1 aliphatic heterocycles. The summed E-state index contributed by atoms with van der Waals surface area (Å²) >= 11 is 11.9. The molecule has 1 amide bonds. The summed E-state index contributed by atoms with van der Waals surface area (Å²) in [5, 5.41) is 11.4. The molecule has 1 aromatic rings. The molecule has 1 fully saturated rings. The molecule has 1 aliphatic rings. The Labute approximate surface area is 147 Å². The number of carboxylic acids is 1. The maximum Gasteiger partial charge on any atom is 0.266 e. The van der Waals surface area contributed by atoms with E-state index in [1.165, 1.54) is 24.3 Å². The van der Waals surface area contributed by atoms with Gasteiger partial charge in [-0.3, -0.25) is 9.69 Å². The lowest BCUT2D eigenvalue weighted by Gasteiger charge is -2.27. The highest BCUT2D eigenvalue weighted by Crippen LogP contribution is 2.36. The van der Waals surface area contributed by atoms with Gasteiger partial charge in [0.25, 0.3) is 5.91 Å². The predicted molar refractivity (Wildman–Crippen MR) is 90.1 cm³/mol. The Morgan fingerprint density at radius 2 is 2.26 bits per heavy atom. The molecule has 0 radical (unpaired) electrons. The first-order valence-electron chi connectivity index (χ1n) is 6.78. The standard InChI is InChI=1S/C15H13ClFNO3S2/c1-2-4-11(14(20)21)18-13(19)12(23-15(18)22)7-8-9(16)5-3-6-10(8)17/h3,5-7,11H,2,4H2,1H3,(H,20,21)/p-1/b12-7-/t11-/m0/s1. The summed E-state index contributed by atoms with van der Waals surface area (Å²) in [5.41, 5.74) is 0.0650. The molecule has 1 heterocycles. The summed E-state index contributed by atoms with van der Waals surface area (Å²) in [5.74, 6) is -2.52. The molecule has 122 valence electrons. The van der Waals surface area contributed by atoms with Crippen LogP contribution in [-0.4, -0.2) is 27.1 Å². The van der Waals surface area contributed by atoms with Crippen molar-refractivity contribution < 1.29 is 19.1 Å². The van der Waals surface area contributed by atoms with E-state index in [1.807, 2.05) is 0 Å². The molecular formula is C15H12ClFNO3S2-. The van der Waals surface area contributed by atoms with Crippen molar-refractivity contribution in [2.45, 2.75) is 25.8 Å². The molecule has 8 heteroatoms. The third-order valence-electron chi connectivity index (χ3n) is 3.24. The number of nitrogens with zero attached hydrogens (tertiary/aromatic N) is 1. The quantitative estimate of drug-likeness (QED) is 0.587. The highest BCUT2D eigenvalue weighted by molar-refractivity contribution is 8.26. The van der Waals surface area contributed by atoms with Crippen LogP contribution in [0.4, 0.5) is 4.39 Å². The highest BCUT2D eigenvalue weighted by atomic mass is 35.5. The lowest BCUT2D eigenvalue weighted by Crippen LogP contribution is -2.49. The summed E-state index contributed by atoms with van der Waals surface area (Å²) < 4.78 is 13.9. The summed E-state index contributed by atoms with van der Waals surface area (Å²) in [6.07, 6.45) is 2.06. The van der Waals surface area contributed by atoms with Gasteiger partial charge < -0.3 is 9.90 Å². The van der Waals surface area contributed by atoms with Crippen molar-refractivity contribution in [3.05, 3.63) is 39.5 Å². The van der Waals surface area contributed by atoms with Crippen LogP contribution in [0.25, 0.3) is 6.08 Å². The number of aliphatic carboxylic acids is 1. The van der Waals surface area contributed by atoms with Gasteiger partial charge in [0.15, 0.2) is 0 Å². The number of rotatable bonds is 5. The third-order valence-corrected chi connectivity index (χ3v) is 4.90. The molecule has 1 atom stereocenters. The number of carbonyl (C=O) groups excluding carboxylic acids is 2. The van der Waals surface area contributed by atoms with Crippen LogP contribution in [-0.2, 0) is 9.59 Å². The fourth-order valence-corrected chi connectivity index (χ4v) is 3.71. The first-order valence-corrected chi connectivity index (χ1v) is 8.39. The van der Waals surface area contributed by atoms with Gasteiger partial charge in [0, 0.05) is 5.56 Å². The number of hydrogen-bond donors (Lipinski definition) is 0. The zero-order chi connectivity index (χ0) is 17.1. The number of amides is 1. The van der Waals surface area contributed by atoms with E-state index in [2.05, 4.69) is 0 Å². The summed E-state index contributed by atoms with van der Waals surface area (Å²) in [6.45, 7) is 1.79. The lowest BCUT2D eigenvalue weighted by atomic mass is 10.1. The lowest BCUT2D eigenvalue weighted by molar-refractivity contribution is -0.310. The van der Waals surface area contributed by atoms with E-state index in [0.29, 0.717) is 6.42 Å². The minimum atomic E-state index is -1.37. The fraction of sp³-hybridized carbons (Fsp3) is 0.267. The third kappa shape index (κ3) is 3.73. The first-order chi connectivity index (χ1) is 10.9. The summed E-state index contributed by atoms with van der Waals surface area (Å²) in [7, 11) is 0. The van der Waals surface area contributed by atoms with Crippen molar-refractivity contribution in [2.75, 3.05) is 0 Å². The Morgan fingerprint density at radius 1 is 1.57 bits per heavy atom. The zero-order valence-corrected chi connectivity index (χ0v) is 14.4. The van der Waals surface area contributed by atoms with Gasteiger partial charge in [0.1, 0.15) is 10.1 Å². The maximum absolute atomic E-state index is 13.8. The molecule has 0 aromatic heterocycles. The molecule has 2 rings (SSSR count). The number of halogens is 2. The smallest absolute Gasteiger partial charge is 0.266 e. The molecule has 0 spiro atoms. The number of carbonyl (C=O) groups is 2. The minimum absolute atomic E-state index is 0.0650. The number of thioether (sulfide) groups is 1. The van der Waals surface area contributed by atoms with Crippen molar-refractivity contribution in [1.82, 2.24) is 4.90 Å². The van der Waals surface area contributed by atoms with Gasteiger partial charge in [0.2, 0.25) is 0 Å². The van der Waals surface area contributed by atoms with Gasteiger partial charge in [-0.25, -0.2) is 4.39 Å². The van der Waals surface area contributed by atoms with Gasteiger partial charge in [-0.2, -0.15) is 0 Å². The van der Waals surface area contributed by atoms with E-state index in [-0.39, 0.29) is 26.2 Å². The number of carboxylic acid groups (broad SMARTS) is 1. The van der Waals surface area contributed by atoms with Gasteiger partial charge in [-0.1, -0.05) is 55.0 Å². The fourth-order valence-electron chi connectivity index (χ4n) is 2.15. The second-order valence-electron chi connectivity index (χ2n) is 4.81. The summed E-state index contributed by atoms with van der Waals surface area (Å²) in [4.78, 5) is 24.9. The normalized spacial score (nSPS) is 17.9. The van der Waals surface area contributed by atoms with Gasteiger partial charge in [-0.15, -0.1) is 0 Å². The topological polar surface area (TPSA) is 60.4 Å². The van der Waals surface area contributed by atoms with Gasteiger partial charge in [-0.05, 0) is 24.6 Å². The largest absolute Gasteiger partial charge is 0.548 e. The van der Waals surface area contributed by atoms with E-state index >= 15 is 0 Å². The molecule has 0 unspecified atom stereocenters. The van der Waals surface area contributed by atoms with E-state index in [0.717, 1.165) is 16.7 Å². The SMILES string of the molecule is CCC[C@@H](C(=O)[O-])N1C(=O)/C(=C/c2c(F)cccc2Cl)SC1=S. The van der Waals surface area contributed by atoms with E-state index in [9.17, 15) is 19.1 Å². The van der Waals surface area contributed by atoms with E-state index in [4.69, 9.17) is 23.8 Å². The van der Waals surface area contributed by atoms with Crippen molar-refractivity contribution >= 4 is 57.9 Å². The van der Waals surface area contributed by atoms with Crippen LogP contribution in [0, 0.1) is 5.82 Å². The van der Waals surface area contributed by atoms with Crippen LogP contribution in [0.5, 0.6) is 0 Å². The Kier molecular flexibility index (Phi) is 5.78. The Bertz CT molecular complexity index is 688. The molecule has 0 saturated carbocycles. The molecule has 0 bridgehead atoms. The Balaban J connectivity index is 2.38. The second-order valence-corrected chi connectivity index (χ2v) is 6.89. The van der Waals surface area contributed by atoms with E-state index < -0.39 is 23.7 Å². The van der Waals surface area contributed by atoms with E-state index in [1.54, 1.807) is 6.92 Å². The molecule has 1 saturated heterocycles. The molecule has 0 aliphatic carbocycles. The number of thiocarbonyl (C=S) groups is 1. The average Bonchev–Trinajstić information content (AvgIpc) is 2.75. The Hall–Kier alpha value is -1.44. The van der Waals surface area contributed by atoms with Crippen LogP contribution in [0.1, 0.15) is 25.3 Å². The van der Waals surface area contributed by atoms with Crippen LogP contribution in [0.3, 0.4) is 0 Å². The first kappa shape index (κ1) is 17.9. The van der Waals surface area contributed by atoms with Crippen molar-refractivity contribution in [3.8, 4) is 0 Å². The van der Waals surface area contributed by atoms with Crippen molar-refractivity contribution in [1.29, 1.82) is 0 Å². The average molecular weight is 373 g/mol. The minimum Gasteiger partial charge on any atom is -0.548 e. The second kappa shape index (κ2) is 7.42. The molecule has 0 N–H and O–H groups in total. The monoisotopic (exact) mass is 372 g/mol. The molecular weight excluding hydrogens is 361 g/mol. The highest BCUT2D eigenvalue weighted by Gasteiger charge is 2.37. The van der Waals surface area contributed by atoms with Crippen LogP contribution in [0.2, 0.25) is 5.02 Å². The number of hydrogen-bond acceptors (Lipinski definition) is 5. The maximum atomic E-state index is 13.8. The molecule has 1 aromatic carbocycles. The Morgan fingerprint density at radius 3 is 2.83 bits per heavy atom. The summed E-state index contributed by atoms with van der Waals surface area (Å²) in [6, 6.07) is 3.04. The predicted octanol–water partition coefficient (Wildman–Crippen LogP) is 2.60. The molecule has 4 nitrogen and oxygen atoms in total. The number of benzene rings is 1. The van der Waals surface area contributed by atoms with Crippen molar-refractivity contribution in [2.24, 2.45) is 0 Å². The van der Waals surface area contributed by atoms with Crippen LogP contribution in [0.15, 0.2) is 23.1 Å². The van der Waals surface area contributed by atoms with Crippen molar-refractivity contribution in [3.63, 3.8) is 0 Å². The zero-order valence-electron chi connectivity index (χ0n) is 12.0. The van der Waals surface area contributed by atoms with Gasteiger partial charge in [0.05, 0.1) is 21.9 Å². The molecule has 23 heavy (non-hydrogen) atoms. The van der Waals surface area contributed by atoms with Gasteiger partial charge >= 0.3 is 0 Å². The van der Waals surface area contributed by atoms with Crippen LogP contribution < -0.4 is 5.11 Å².